The lowest BCUT2D eigenvalue weighted by Gasteiger charge is -2.39. The Morgan fingerprint density at radius 1 is 1.36 bits per heavy atom. The second-order valence-electron chi connectivity index (χ2n) is 9.64. The van der Waals surface area contributed by atoms with Gasteiger partial charge in [-0.15, -0.1) is 24.9 Å². The SMILES string of the molecule is C=CCCOC(=O)[C@@H]1[C@H]2C(=O)N(CCO)C(C(=O)N(CC=C)C(C)CCC)C23CC[C@@]1(C)S3. The number of aliphatic hydroxyl groups is 1. The van der Waals surface area contributed by atoms with Crippen molar-refractivity contribution in [2.24, 2.45) is 11.8 Å². The smallest absolute Gasteiger partial charge is 0.311 e. The van der Waals surface area contributed by atoms with E-state index in [0.29, 0.717) is 19.4 Å². The highest BCUT2D eigenvalue weighted by molar-refractivity contribution is 8.02. The molecule has 1 spiro atoms. The number of amides is 2. The van der Waals surface area contributed by atoms with Crippen LogP contribution in [-0.4, -0.2) is 80.6 Å². The highest BCUT2D eigenvalue weighted by atomic mass is 32.2. The van der Waals surface area contributed by atoms with E-state index in [4.69, 9.17) is 4.74 Å². The fourth-order valence-corrected chi connectivity index (χ4v) is 8.44. The topological polar surface area (TPSA) is 87.1 Å². The summed E-state index contributed by atoms with van der Waals surface area (Å²) < 4.78 is 4.39. The molecule has 2 amide bonds. The van der Waals surface area contributed by atoms with Crippen LogP contribution < -0.4 is 0 Å². The molecule has 184 valence electrons. The summed E-state index contributed by atoms with van der Waals surface area (Å²) in [6.45, 7) is 14.1. The molecule has 8 heteroatoms. The minimum Gasteiger partial charge on any atom is -0.465 e. The molecule has 3 fully saturated rings. The largest absolute Gasteiger partial charge is 0.465 e. The standard InChI is InChI=1S/C25H38N2O5S/c1-6-9-16-32-23(31)19-18-21(29)27(14-15-28)20(25(18)12-11-24(19,5)33-25)22(30)26(13-8-3)17(4)10-7-2/h6,8,17-20,28H,1,3,7,9-16H2,2,4-5H3/t17?,18-,19-,20?,24+,25?/m0/s1. The number of likely N-dealkylation sites (tertiary alicyclic amines) is 1. The van der Waals surface area contributed by atoms with Gasteiger partial charge in [-0.25, -0.2) is 0 Å². The maximum absolute atomic E-state index is 14.1. The Hall–Kier alpha value is -1.80. The third kappa shape index (κ3) is 4.25. The Labute approximate surface area is 201 Å². The number of nitrogens with zero attached hydrogens (tertiary/aromatic N) is 2. The van der Waals surface area contributed by atoms with Crippen LogP contribution in [0.15, 0.2) is 25.3 Å². The lowest BCUT2D eigenvalue weighted by molar-refractivity contribution is -0.155. The van der Waals surface area contributed by atoms with Crippen LogP contribution in [0.1, 0.15) is 52.9 Å². The van der Waals surface area contributed by atoms with Crippen LogP contribution in [0.4, 0.5) is 0 Å². The number of esters is 1. The van der Waals surface area contributed by atoms with Crippen molar-refractivity contribution in [3.8, 4) is 0 Å². The molecule has 0 radical (unpaired) electrons. The number of hydrogen-bond acceptors (Lipinski definition) is 6. The fraction of sp³-hybridized carbons (Fsp3) is 0.720. The highest BCUT2D eigenvalue weighted by Crippen LogP contribution is 2.71. The van der Waals surface area contributed by atoms with Crippen molar-refractivity contribution in [3.63, 3.8) is 0 Å². The molecule has 2 bridgehead atoms. The summed E-state index contributed by atoms with van der Waals surface area (Å²) in [4.78, 5) is 44.3. The molecule has 0 aromatic heterocycles. The van der Waals surface area contributed by atoms with E-state index in [-0.39, 0.29) is 43.6 Å². The molecule has 3 saturated heterocycles. The van der Waals surface area contributed by atoms with Gasteiger partial charge < -0.3 is 19.6 Å². The zero-order chi connectivity index (χ0) is 24.4. The summed E-state index contributed by atoms with van der Waals surface area (Å²) in [7, 11) is 0. The number of β-amino-alcohol motifs (C(OH)–C–C–N with tert-alkyl or cyclic N) is 1. The van der Waals surface area contributed by atoms with E-state index in [1.54, 1.807) is 23.9 Å². The maximum Gasteiger partial charge on any atom is 0.311 e. The van der Waals surface area contributed by atoms with Crippen molar-refractivity contribution < 1.29 is 24.2 Å². The van der Waals surface area contributed by atoms with Gasteiger partial charge in [0.1, 0.15) is 6.04 Å². The number of carbonyl (C=O) groups excluding carboxylic acids is 3. The van der Waals surface area contributed by atoms with Crippen LogP contribution in [0.25, 0.3) is 0 Å². The average Bonchev–Trinajstić information content (AvgIpc) is 3.33. The van der Waals surface area contributed by atoms with Crippen LogP contribution >= 0.6 is 11.8 Å². The van der Waals surface area contributed by atoms with Crippen molar-refractivity contribution in [2.75, 3.05) is 26.3 Å². The van der Waals surface area contributed by atoms with Crippen LogP contribution in [0, 0.1) is 11.8 Å². The molecule has 3 aliphatic heterocycles. The van der Waals surface area contributed by atoms with Gasteiger partial charge in [0.15, 0.2) is 0 Å². The van der Waals surface area contributed by atoms with Gasteiger partial charge in [0, 0.05) is 23.9 Å². The monoisotopic (exact) mass is 478 g/mol. The van der Waals surface area contributed by atoms with Gasteiger partial charge in [0.25, 0.3) is 0 Å². The number of thioether (sulfide) groups is 1. The first kappa shape index (κ1) is 25.8. The first-order valence-electron chi connectivity index (χ1n) is 12.0. The molecule has 3 rings (SSSR count). The third-order valence-corrected chi connectivity index (χ3v) is 9.50. The Morgan fingerprint density at radius 2 is 2.09 bits per heavy atom. The van der Waals surface area contributed by atoms with E-state index in [1.807, 2.05) is 18.7 Å². The molecule has 3 aliphatic rings. The maximum atomic E-state index is 14.1. The Morgan fingerprint density at radius 3 is 2.70 bits per heavy atom. The molecule has 1 N–H and O–H groups in total. The molecule has 0 aromatic rings. The molecule has 3 unspecified atom stereocenters. The molecule has 3 heterocycles. The average molecular weight is 479 g/mol. The Balaban J connectivity index is 2.00. The van der Waals surface area contributed by atoms with Gasteiger partial charge in [0.05, 0.1) is 29.8 Å². The number of hydrogen-bond donors (Lipinski definition) is 1. The first-order chi connectivity index (χ1) is 15.7. The van der Waals surface area contributed by atoms with Gasteiger partial charge >= 0.3 is 5.97 Å². The zero-order valence-corrected chi connectivity index (χ0v) is 20.9. The van der Waals surface area contributed by atoms with E-state index in [2.05, 4.69) is 20.1 Å². The molecular formula is C25H38N2O5S. The number of carbonyl (C=O) groups is 3. The Bertz CT molecular complexity index is 804. The van der Waals surface area contributed by atoms with Gasteiger partial charge in [-0.2, -0.15) is 0 Å². The lowest BCUT2D eigenvalue weighted by Crippen LogP contribution is -2.56. The van der Waals surface area contributed by atoms with E-state index < -0.39 is 27.4 Å². The number of ether oxygens (including phenoxy) is 1. The predicted molar refractivity (Wildman–Crippen MR) is 130 cm³/mol. The number of aliphatic hydroxyl groups excluding tert-OH is 1. The molecule has 0 aliphatic carbocycles. The summed E-state index contributed by atoms with van der Waals surface area (Å²) in [5.41, 5.74) is 0. The lowest BCUT2D eigenvalue weighted by atomic mass is 9.66. The molecule has 7 nitrogen and oxygen atoms in total. The second kappa shape index (κ2) is 10.2. The molecule has 33 heavy (non-hydrogen) atoms. The number of fused-ring (bicyclic) bond motifs is 1. The third-order valence-electron chi connectivity index (χ3n) is 7.52. The van der Waals surface area contributed by atoms with Gasteiger partial charge in [-0.05, 0) is 39.5 Å². The first-order valence-corrected chi connectivity index (χ1v) is 12.8. The van der Waals surface area contributed by atoms with Crippen molar-refractivity contribution in [1.29, 1.82) is 0 Å². The van der Waals surface area contributed by atoms with Crippen LogP contribution in [0.2, 0.25) is 0 Å². The van der Waals surface area contributed by atoms with E-state index >= 15 is 0 Å². The van der Waals surface area contributed by atoms with E-state index in [9.17, 15) is 19.5 Å². The van der Waals surface area contributed by atoms with E-state index in [1.165, 1.54) is 4.90 Å². The summed E-state index contributed by atoms with van der Waals surface area (Å²) in [6, 6.07) is -0.708. The molecule has 6 atom stereocenters. The highest BCUT2D eigenvalue weighted by Gasteiger charge is 2.77. The predicted octanol–water partition coefficient (Wildman–Crippen LogP) is 2.78. The molecule has 0 aromatic carbocycles. The van der Waals surface area contributed by atoms with Gasteiger partial charge in [0.2, 0.25) is 11.8 Å². The van der Waals surface area contributed by atoms with Gasteiger partial charge in [-0.3, -0.25) is 14.4 Å². The van der Waals surface area contributed by atoms with Crippen LogP contribution in [-0.2, 0) is 19.1 Å². The normalized spacial score (nSPS) is 33.0. The molecule has 0 saturated carbocycles. The second-order valence-corrected chi connectivity index (χ2v) is 11.5. The van der Waals surface area contributed by atoms with Crippen molar-refractivity contribution >= 4 is 29.5 Å². The summed E-state index contributed by atoms with van der Waals surface area (Å²) in [5.74, 6) is -1.92. The molecular weight excluding hydrogens is 440 g/mol. The summed E-state index contributed by atoms with van der Waals surface area (Å²) in [5, 5.41) is 9.74. The minimum atomic E-state index is -0.709. The summed E-state index contributed by atoms with van der Waals surface area (Å²) >= 11 is 1.62. The zero-order valence-electron chi connectivity index (χ0n) is 20.1. The summed E-state index contributed by atoms with van der Waals surface area (Å²) in [6.07, 6.45) is 7.16. The van der Waals surface area contributed by atoms with Crippen LogP contribution in [0.3, 0.4) is 0 Å². The Kier molecular flexibility index (Phi) is 7.99. The van der Waals surface area contributed by atoms with Gasteiger partial charge in [-0.1, -0.05) is 25.5 Å². The number of rotatable bonds is 12. The van der Waals surface area contributed by atoms with E-state index in [0.717, 1.165) is 19.3 Å². The van der Waals surface area contributed by atoms with Crippen molar-refractivity contribution in [2.45, 2.75) is 74.5 Å². The van der Waals surface area contributed by atoms with Crippen molar-refractivity contribution in [3.05, 3.63) is 25.3 Å². The minimum absolute atomic E-state index is 0.000818. The quantitative estimate of drug-likeness (QED) is 0.264. The van der Waals surface area contributed by atoms with Crippen LogP contribution in [0.5, 0.6) is 0 Å². The fourth-order valence-electron chi connectivity index (χ4n) is 6.10. The van der Waals surface area contributed by atoms with Crippen molar-refractivity contribution in [1.82, 2.24) is 9.80 Å².